The van der Waals surface area contributed by atoms with Crippen molar-refractivity contribution in [1.29, 1.82) is 0 Å². The lowest BCUT2D eigenvalue weighted by molar-refractivity contribution is 1.33. The number of aromatic nitrogens is 3. The van der Waals surface area contributed by atoms with Gasteiger partial charge in [0.05, 0.1) is 5.51 Å². The third kappa shape index (κ3) is 2.17. The van der Waals surface area contributed by atoms with Gasteiger partial charge in [0.15, 0.2) is 0 Å². The van der Waals surface area contributed by atoms with E-state index in [0.29, 0.717) is 0 Å². The minimum atomic E-state index is 0.956. The molecule has 14 heavy (non-hydrogen) atoms. The summed E-state index contributed by atoms with van der Waals surface area (Å²) in [4.78, 5) is 10.8. The summed E-state index contributed by atoms with van der Waals surface area (Å²) < 4.78 is 0. The second-order valence-electron chi connectivity index (χ2n) is 2.59. The van der Waals surface area contributed by atoms with Gasteiger partial charge < -0.3 is 4.98 Å². The van der Waals surface area contributed by atoms with Gasteiger partial charge in [-0.2, -0.15) is 0 Å². The molecule has 0 amide bonds. The zero-order valence-electron chi connectivity index (χ0n) is 7.42. The maximum absolute atomic E-state index is 4.09. The molecule has 0 spiro atoms. The molecule has 0 aliphatic rings. The molecule has 0 aromatic carbocycles. The molecule has 3 aromatic rings. The number of pyridine rings is 1. The van der Waals surface area contributed by atoms with Crippen LogP contribution in [0, 0.1) is 0 Å². The molecule has 0 aliphatic heterocycles. The van der Waals surface area contributed by atoms with Crippen molar-refractivity contribution in [3.8, 4) is 0 Å². The molecule has 0 unspecified atom stereocenters. The molecule has 70 valence electrons. The van der Waals surface area contributed by atoms with Crippen molar-refractivity contribution in [2.24, 2.45) is 0 Å². The van der Waals surface area contributed by atoms with Crippen LogP contribution in [0.2, 0.25) is 0 Å². The van der Waals surface area contributed by atoms with Crippen molar-refractivity contribution >= 4 is 22.4 Å². The van der Waals surface area contributed by atoms with Gasteiger partial charge in [-0.25, -0.2) is 4.98 Å². The summed E-state index contributed by atoms with van der Waals surface area (Å²) in [7, 11) is 0. The predicted molar refractivity (Wildman–Crippen MR) is 58.2 cm³/mol. The fraction of sp³-hybridized carbons (Fsp3) is 0. The molecule has 3 heterocycles. The SMILES string of the molecule is c1cnc2[nH]ccc2c1.c1cscn1. The van der Waals surface area contributed by atoms with Crippen molar-refractivity contribution in [2.75, 3.05) is 0 Å². The van der Waals surface area contributed by atoms with Gasteiger partial charge in [-0.05, 0) is 18.2 Å². The minimum absolute atomic E-state index is 0.956. The summed E-state index contributed by atoms with van der Waals surface area (Å²) in [6.45, 7) is 0. The van der Waals surface area contributed by atoms with E-state index in [0.717, 1.165) is 11.0 Å². The molecule has 3 nitrogen and oxygen atoms in total. The number of fused-ring (bicyclic) bond motifs is 1. The highest BCUT2D eigenvalue weighted by atomic mass is 32.1. The van der Waals surface area contributed by atoms with Gasteiger partial charge in [0.25, 0.3) is 0 Å². The summed E-state index contributed by atoms with van der Waals surface area (Å²) in [5.74, 6) is 0. The summed E-state index contributed by atoms with van der Waals surface area (Å²) >= 11 is 1.60. The Labute approximate surface area is 85.5 Å². The number of hydrogen-bond donors (Lipinski definition) is 1. The standard InChI is InChI=1S/C7H6N2.C3H3NS/c1-2-6-3-5-9-7(6)8-4-1;1-2-5-3-4-1/h1-5H,(H,8,9);1-3H. The Morgan fingerprint density at radius 3 is 2.86 bits per heavy atom. The number of H-pyrrole nitrogens is 1. The number of nitrogens with zero attached hydrogens (tertiary/aromatic N) is 2. The van der Waals surface area contributed by atoms with Crippen molar-refractivity contribution in [2.45, 2.75) is 0 Å². The lowest BCUT2D eigenvalue weighted by Crippen LogP contribution is -1.70. The quantitative estimate of drug-likeness (QED) is 0.610. The highest BCUT2D eigenvalue weighted by Crippen LogP contribution is 2.05. The fourth-order valence-electron chi connectivity index (χ4n) is 1.06. The molecular formula is C10H9N3S. The predicted octanol–water partition coefficient (Wildman–Crippen LogP) is 2.71. The van der Waals surface area contributed by atoms with Crippen LogP contribution >= 0.6 is 11.3 Å². The fourth-order valence-corrected chi connectivity index (χ4v) is 1.41. The Balaban J connectivity index is 0.000000128. The second-order valence-corrected chi connectivity index (χ2v) is 3.35. The lowest BCUT2D eigenvalue weighted by Gasteiger charge is -1.82. The first kappa shape index (κ1) is 8.90. The third-order valence-corrected chi connectivity index (χ3v) is 2.19. The Bertz CT molecular complexity index is 425. The average molecular weight is 203 g/mol. The lowest BCUT2D eigenvalue weighted by atomic mass is 10.3. The van der Waals surface area contributed by atoms with Crippen molar-refractivity contribution in [3.63, 3.8) is 0 Å². The Kier molecular flexibility index (Phi) is 2.88. The summed E-state index contributed by atoms with van der Waals surface area (Å²) in [5.41, 5.74) is 2.75. The molecule has 3 aromatic heterocycles. The van der Waals surface area contributed by atoms with Crippen LogP contribution in [0.25, 0.3) is 11.0 Å². The van der Waals surface area contributed by atoms with Crippen LogP contribution in [-0.2, 0) is 0 Å². The van der Waals surface area contributed by atoms with Crippen LogP contribution in [0.15, 0.2) is 47.7 Å². The maximum atomic E-state index is 4.09. The van der Waals surface area contributed by atoms with Crippen LogP contribution in [0.4, 0.5) is 0 Å². The van der Waals surface area contributed by atoms with E-state index in [1.54, 1.807) is 29.2 Å². The Hall–Kier alpha value is -1.68. The van der Waals surface area contributed by atoms with Crippen LogP contribution < -0.4 is 0 Å². The zero-order chi connectivity index (χ0) is 9.64. The molecule has 0 fully saturated rings. The molecule has 1 N–H and O–H groups in total. The van der Waals surface area contributed by atoms with Crippen LogP contribution in [-0.4, -0.2) is 15.0 Å². The maximum Gasteiger partial charge on any atom is 0.137 e. The normalized spacial score (nSPS) is 9.43. The largest absolute Gasteiger partial charge is 0.346 e. The minimum Gasteiger partial charge on any atom is -0.346 e. The van der Waals surface area contributed by atoms with Gasteiger partial charge in [-0.15, -0.1) is 11.3 Å². The molecule has 0 saturated carbocycles. The Morgan fingerprint density at radius 1 is 1.21 bits per heavy atom. The van der Waals surface area contributed by atoms with E-state index in [9.17, 15) is 0 Å². The molecule has 4 heteroatoms. The van der Waals surface area contributed by atoms with Gasteiger partial charge in [0.1, 0.15) is 5.65 Å². The van der Waals surface area contributed by atoms with E-state index < -0.39 is 0 Å². The molecule has 0 bridgehead atoms. The van der Waals surface area contributed by atoms with Gasteiger partial charge in [0.2, 0.25) is 0 Å². The van der Waals surface area contributed by atoms with Gasteiger partial charge >= 0.3 is 0 Å². The number of rotatable bonds is 0. The zero-order valence-corrected chi connectivity index (χ0v) is 8.24. The average Bonchev–Trinajstić information content (AvgIpc) is 2.92. The van der Waals surface area contributed by atoms with E-state index in [1.807, 2.05) is 29.8 Å². The highest BCUT2D eigenvalue weighted by Gasteiger charge is 1.88. The van der Waals surface area contributed by atoms with Gasteiger partial charge in [-0.3, -0.25) is 4.98 Å². The van der Waals surface area contributed by atoms with Crippen molar-refractivity contribution < 1.29 is 0 Å². The number of hydrogen-bond acceptors (Lipinski definition) is 3. The van der Waals surface area contributed by atoms with E-state index in [2.05, 4.69) is 15.0 Å². The third-order valence-electron chi connectivity index (χ3n) is 1.67. The summed E-state index contributed by atoms with van der Waals surface area (Å²) in [6.07, 6.45) is 5.43. The van der Waals surface area contributed by atoms with Crippen LogP contribution in [0.1, 0.15) is 0 Å². The molecule has 0 aliphatic carbocycles. The first-order valence-electron chi connectivity index (χ1n) is 4.17. The van der Waals surface area contributed by atoms with Crippen molar-refractivity contribution in [3.05, 3.63) is 47.7 Å². The smallest absolute Gasteiger partial charge is 0.137 e. The molecular weight excluding hydrogens is 194 g/mol. The van der Waals surface area contributed by atoms with E-state index in [-0.39, 0.29) is 0 Å². The van der Waals surface area contributed by atoms with Crippen LogP contribution in [0.5, 0.6) is 0 Å². The van der Waals surface area contributed by atoms with E-state index in [4.69, 9.17) is 0 Å². The topological polar surface area (TPSA) is 41.6 Å². The molecule has 0 saturated heterocycles. The number of nitrogens with one attached hydrogen (secondary N) is 1. The Morgan fingerprint density at radius 2 is 2.21 bits per heavy atom. The van der Waals surface area contributed by atoms with Crippen LogP contribution in [0.3, 0.4) is 0 Å². The van der Waals surface area contributed by atoms with Crippen molar-refractivity contribution in [1.82, 2.24) is 15.0 Å². The monoisotopic (exact) mass is 203 g/mol. The number of aromatic amines is 1. The highest BCUT2D eigenvalue weighted by molar-refractivity contribution is 7.07. The first-order chi connectivity index (χ1) is 6.97. The van der Waals surface area contributed by atoms with E-state index in [1.165, 1.54) is 0 Å². The summed E-state index contributed by atoms with van der Waals surface area (Å²) in [6, 6.07) is 5.96. The molecule has 0 atom stereocenters. The van der Waals surface area contributed by atoms with E-state index >= 15 is 0 Å². The molecule has 3 rings (SSSR count). The summed E-state index contributed by atoms with van der Waals surface area (Å²) in [5, 5.41) is 3.09. The van der Waals surface area contributed by atoms with Gasteiger partial charge in [-0.1, -0.05) is 0 Å². The first-order valence-corrected chi connectivity index (χ1v) is 5.11. The number of thiazole rings is 1. The van der Waals surface area contributed by atoms with Gasteiger partial charge in [0, 0.05) is 29.4 Å². The second kappa shape index (κ2) is 4.53. The molecule has 0 radical (unpaired) electrons.